The number of nitrogens with zero attached hydrogens (tertiary/aromatic N) is 2. The van der Waals surface area contributed by atoms with Crippen LogP contribution in [0.2, 0.25) is 0 Å². The number of hydrogen-bond acceptors (Lipinski definition) is 4. The second-order valence-electron chi connectivity index (χ2n) is 8.89. The Labute approximate surface area is 202 Å². The summed E-state index contributed by atoms with van der Waals surface area (Å²) in [6.45, 7) is 0.253. The molecule has 2 amide bonds. The van der Waals surface area contributed by atoms with Crippen molar-refractivity contribution in [3.05, 3.63) is 59.4 Å². The van der Waals surface area contributed by atoms with Crippen molar-refractivity contribution in [3.8, 4) is 11.5 Å². The molecule has 1 aliphatic carbocycles. The van der Waals surface area contributed by atoms with Crippen molar-refractivity contribution < 1.29 is 32.2 Å². The molecule has 4 rings (SSSR count). The van der Waals surface area contributed by atoms with Gasteiger partial charge in [-0.25, -0.2) is 4.39 Å². The number of piperidine rings is 1. The fourth-order valence-corrected chi connectivity index (χ4v) is 4.46. The highest BCUT2D eigenvalue weighted by molar-refractivity contribution is 5.94. The molecule has 2 aromatic carbocycles. The molecule has 1 heterocycles. The molecule has 9 heteroatoms. The van der Waals surface area contributed by atoms with Gasteiger partial charge < -0.3 is 19.3 Å². The highest BCUT2D eigenvalue weighted by Gasteiger charge is 2.38. The molecule has 1 saturated carbocycles. The van der Waals surface area contributed by atoms with E-state index < -0.39 is 12.4 Å². The molecular weight excluding hydrogens is 461 g/mol. The Balaban J connectivity index is 1.46. The van der Waals surface area contributed by atoms with Crippen LogP contribution in [0.1, 0.15) is 48.5 Å². The van der Waals surface area contributed by atoms with E-state index in [1.54, 1.807) is 24.0 Å². The van der Waals surface area contributed by atoms with Crippen LogP contribution in [0.5, 0.6) is 11.5 Å². The molecule has 0 bridgehead atoms. The molecule has 35 heavy (non-hydrogen) atoms. The standard InChI is InChI=1S/C26H29F3N2O4/c1-2-34-23-14-17(5-12-22(23)35-26(28)29)15-31(21-10-11-21)25(33)19-4-3-13-30(16-19)24(32)18-6-8-20(27)9-7-18/h5-9,12,14,19,21,26H,2-4,10-11,13,15-16H2,1H3. The van der Waals surface area contributed by atoms with Crippen LogP contribution in [0, 0.1) is 11.7 Å². The molecule has 2 fully saturated rings. The predicted molar refractivity (Wildman–Crippen MR) is 123 cm³/mol. The lowest BCUT2D eigenvalue weighted by atomic mass is 9.95. The number of ether oxygens (including phenoxy) is 2. The van der Waals surface area contributed by atoms with Gasteiger partial charge in [-0.3, -0.25) is 9.59 Å². The number of carbonyl (C=O) groups excluding carboxylic acids is 2. The van der Waals surface area contributed by atoms with E-state index in [1.807, 2.05) is 4.90 Å². The van der Waals surface area contributed by atoms with Crippen LogP contribution in [-0.2, 0) is 11.3 Å². The van der Waals surface area contributed by atoms with Crippen molar-refractivity contribution in [2.45, 2.75) is 51.8 Å². The summed E-state index contributed by atoms with van der Waals surface area (Å²) >= 11 is 0. The van der Waals surface area contributed by atoms with Crippen molar-refractivity contribution in [2.24, 2.45) is 5.92 Å². The first kappa shape index (κ1) is 24.9. The summed E-state index contributed by atoms with van der Waals surface area (Å²) in [6.07, 6.45) is 3.19. The number of halogens is 3. The van der Waals surface area contributed by atoms with Crippen molar-refractivity contribution >= 4 is 11.8 Å². The van der Waals surface area contributed by atoms with Crippen molar-refractivity contribution in [3.63, 3.8) is 0 Å². The van der Waals surface area contributed by atoms with Crippen molar-refractivity contribution in [2.75, 3.05) is 19.7 Å². The van der Waals surface area contributed by atoms with Crippen LogP contribution in [0.25, 0.3) is 0 Å². The molecule has 0 N–H and O–H groups in total. The molecule has 0 radical (unpaired) electrons. The summed E-state index contributed by atoms with van der Waals surface area (Å²) in [5.41, 5.74) is 1.15. The van der Waals surface area contributed by atoms with Gasteiger partial charge in [0.1, 0.15) is 5.82 Å². The minimum absolute atomic E-state index is 0.0185. The molecule has 1 unspecified atom stereocenters. The van der Waals surface area contributed by atoms with Gasteiger partial charge in [0.15, 0.2) is 11.5 Å². The number of hydrogen-bond donors (Lipinski definition) is 0. The van der Waals surface area contributed by atoms with E-state index in [2.05, 4.69) is 4.74 Å². The zero-order valence-corrected chi connectivity index (χ0v) is 19.6. The van der Waals surface area contributed by atoms with E-state index in [9.17, 15) is 22.8 Å². The van der Waals surface area contributed by atoms with Gasteiger partial charge in [-0.15, -0.1) is 0 Å². The lowest BCUT2D eigenvalue weighted by Gasteiger charge is -2.35. The summed E-state index contributed by atoms with van der Waals surface area (Å²) < 4.78 is 48.7. The fourth-order valence-electron chi connectivity index (χ4n) is 4.46. The van der Waals surface area contributed by atoms with Gasteiger partial charge in [0.25, 0.3) is 5.91 Å². The maximum Gasteiger partial charge on any atom is 0.387 e. The third-order valence-electron chi connectivity index (χ3n) is 6.30. The first-order valence-corrected chi connectivity index (χ1v) is 11.9. The van der Waals surface area contributed by atoms with Gasteiger partial charge in [0, 0.05) is 31.2 Å². The summed E-state index contributed by atoms with van der Waals surface area (Å²) in [5, 5.41) is 0. The minimum Gasteiger partial charge on any atom is -0.490 e. The summed E-state index contributed by atoms with van der Waals surface area (Å²) in [5.74, 6) is -0.804. The maximum absolute atomic E-state index is 13.5. The van der Waals surface area contributed by atoms with Crippen LogP contribution < -0.4 is 9.47 Å². The van der Waals surface area contributed by atoms with Crippen LogP contribution in [-0.4, -0.2) is 54.0 Å². The lowest BCUT2D eigenvalue weighted by molar-refractivity contribution is -0.138. The van der Waals surface area contributed by atoms with E-state index in [-0.39, 0.29) is 41.9 Å². The maximum atomic E-state index is 13.5. The summed E-state index contributed by atoms with van der Waals surface area (Å²) in [7, 11) is 0. The van der Waals surface area contributed by atoms with E-state index >= 15 is 0 Å². The highest BCUT2D eigenvalue weighted by atomic mass is 19.3. The van der Waals surface area contributed by atoms with E-state index in [0.29, 0.717) is 38.0 Å². The fraction of sp³-hybridized carbons (Fsp3) is 0.462. The average molecular weight is 491 g/mol. The lowest BCUT2D eigenvalue weighted by Crippen LogP contribution is -2.47. The van der Waals surface area contributed by atoms with Crippen molar-refractivity contribution in [1.29, 1.82) is 0 Å². The SMILES string of the molecule is CCOc1cc(CN(C(=O)C2CCCN(C(=O)c3ccc(F)cc3)C2)C2CC2)ccc1OC(F)F. The van der Waals surface area contributed by atoms with Gasteiger partial charge in [-0.2, -0.15) is 8.78 Å². The summed E-state index contributed by atoms with van der Waals surface area (Å²) in [4.78, 5) is 29.9. The van der Waals surface area contributed by atoms with Gasteiger partial charge in [0.2, 0.25) is 5.91 Å². The van der Waals surface area contributed by atoms with Gasteiger partial charge in [-0.1, -0.05) is 6.07 Å². The Kier molecular flexibility index (Phi) is 7.83. The molecule has 1 saturated heterocycles. The predicted octanol–water partition coefficient (Wildman–Crippen LogP) is 4.87. The van der Waals surface area contributed by atoms with Crippen molar-refractivity contribution in [1.82, 2.24) is 9.80 Å². The third-order valence-corrected chi connectivity index (χ3v) is 6.30. The van der Waals surface area contributed by atoms with Gasteiger partial charge in [0.05, 0.1) is 12.5 Å². The Morgan fingerprint density at radius 3 is 2.49 bits per heavy atom. The van der Waals surface area contributed by atoms with Crippen LogP contribution in [0.3, 0.4) is 0 Å². The average Bonchev–Trinajstić information content (AvgIpc) is 3.69. The molecule has 1 atom stereocenters. The van der Waals surface area contributed by atoms with E-state index in [4.69, 9.17) is 4.74 Å². The molecule has 6 nitrogen and oxygen atoms in total. The highest BCUT2D eigenvalue weighted by Crippen LogP contribution is 2.34. The molecule has 2 aliphatic rings. The number of alkyl halides is 2. The molecular formula is C26H29F3N2O4. The first-order valence-electron chi connectivity index (χ1n) is 11.9. The zero-order chi connectivity index (χ0) is 24.9. The van der Waals surface area contributed by atoms with Crippen LogP contribution in [0.4, 0.5) is 13.2 Å². The second kappa shape index (κ2) is 11.0. The molecule has 0 spiro atoms. The molecule has 2 aromatic rings. The quantitative estimate of drug-likeness (QED) is 0.503. The largest absolute Gasteiger partial charge is 0.490 e. The number of carbonyl (C=O) groups is 2. The number of likely N-dealkylation sites (tertiary alicyclic amines) is 1. The van der Waals surface area contributed by atoms with E-state index in [0.717, 1.165) is 18.4 Å². The normalized spacial score (nSPS) is 17.9. The Hall–Kier alpha value is -3.23. The topological polar surface area (TPSA) is 59.1 Å². The number of rotatable bonds is 9. The number of benzene rings is 2. The van der Waals surface area contributed by atoms with Crippen LogP contribution >= 0.6 is 0 Å². The van der Waals surface area contributed by atoms with Crippen LogP contribution in [0.15, 0.2) is 42.5 Å². The zero-order valence-electron chi connectivity index (χ0n) is 19.6. The molecule has 188 valence electrons. The number of amides is 2. The van der Waals surface area contributed by atoms with E-state index in [1.165, 1.54) is 30.3 Å². The third kappa shape index (κ3) is 6.26. The summed E-state index contributed by atoms with van der Waals surface area (Å²) in [6, 6.07) is 10.3. The Morgan fingerprint density at radius 2 is 1.83 bits per heavy atom. The first-order chi connectivity index (χ1) is 16.9. The second-order valence-corrected chi connectivity index (χ2v) is 8.89. The molecule has 0 aromatic heterocycles. The van der Waals surface area contributed by atoms with Gasteiger partial charge >= 0.3 is 6.61 Å². The monoisotopic (exact) mass is 490 g/mol. The van der Waals surface area contributed by atoms with Gasteiger partial charge in [-0.05, 0) is 74.6 Å². The minimum atomic E-state index is -2.96. The molecule has 1 aliphatic heterocycles. The Bertz CT molecular complexity index is 1040. The Morgan fingerprint density at radius 1 is 1.09 bits per heavy atom. The smallest absolute Gasteiger partial charge is 0.387 e.